The van der Waals surface area contributed by atoms with Crippen LogP contribution in [0.25, 0.3) is 0 Å². The van der Waals surface area contributed by atoms with Gasteiger partial charge in [-0.1, -0.05) is 18.2 Å². The molecule has 3 rings (SSSR count). The third-order valence-electron chi connectivity index (χ3n) is 5.23. The van der Waals surface area contributed by atoms with Crippen molar-refractivity contribution < 1.29 is 16.8 Å². The summed E-state index contributed by atoms with van der Waals surface area (Å²) >= 11 is 0. The highest BCUT2D eigenvalue weighted by molar-refractivity contribution is 7.91. The van der Waals surface area contributed by atoms with Gasteiger partial charge in [0, 0.05) is 44.7 Å². The zero-order valence-corrected chi connectivity index (χ0v) is 19.0. The van der Waals surface area contributed by atoms with Gasteiger partial charge in [-0.05, 0) is 55.8 Å². The number of nitrogens with zero attached hydrogens (tertiary/aromatic N) is 2. The van der Waals surface area contributed by atoms with Crippen LogP contribution in [0.3, 0.4) is 0 Å². The summed E-state index contributed by atoms with van der Waals surface area (Å²) in [5.41, 5.74) is 2.50. The molecule has 0 saturated carbocycles. The fourth-order valence-electron chi connectivity index (χ4n) is 3.52. The highest BCUT2D eigenvalue weighted by Crippen LogP contribution is 2.18. The molecule has 1 aliphatic rings. The number of sulfone groups is 1. The number of sulfonamides is 1. The van der Waals surface area contributed by atoms with Crippen LogP contribution in [-0.2, 0) is 19.9 Å². The molecule has 0 aromatic heterocycles. The monoisotopic (exact) mass is 451 g/mol. The predicted molar refractivity (Wildman–Crippen MR) is 119 cm³/mol. The second-order valence-electron chi connectivity index (χ2n) is 7.67. The molecule has 0 aliphatic carbocycles. The molecule has 1 fully saturated rings. The number of hydrogen-bond acceptors (Lipinski definition) is 6. The second-order valence-corrected chi connectivity index (χ2v) is 11.4. The Balaban J connectivity index is 1.45. The number of benzene rings is 2. The van der Waals surface area contributed by atoms with Gasteiger partial charge in [-0.25, -0.2) is 21.6 Å². The Morgan fingerprint density at radius 3 is 2.23 bits per heavy atom. The molecule has 0 amide bonds. The van der Waals surface area contributed by atoms with Crippen LogP contribution in [0.2, 0.25) is 0 Å². The summed E-state index contributed by atoms with van der Waals surface area (Å²) in [4.78, 5) is 4.68. The van der Waals surface area contributed by atoms with E-state index in [4.69, 9.17) is 0 Å². The number of piperazine rings is 1. The molecular weight excluding hydrogens is 422 g/mol. The molecule has 9 heteroatoms. The summed E-state index contributed by atoms with van der Waals surface area (Å²) in [6, 6.07) is 13.9. The van der Waals surface area contributed by atoms with Crippen molar-refractivity contribution in [1.82, 2.24) is 9.62 Å². The number of hydrogen-bond donors (Lipinski definition) is 1. The summed E-state index contributed by atoms with van der Waals surface area (Å²) in [6.45, 7) is 7.00. The minimum Gasteiger partial charge on any atom is -0.369 e. The Bertz CT molecular complexity index is 1080. The number of aryl methyl sites for hydroxylation is 1. The average Bonchev–Trinajstić information content (AvgIpc) is 2.71. The predicted octanol–water partition coefficient (Wildman–Crippen LogP) is 1.89. The van der Waals surface area contributed by atoms with Crippen molar-refractivity contribution in [3.63, 3.8) is 0 Å². The van der Waals surface area contributed by atoms with Crippen molar-refractivity contribution in [3.05, 3.63) is 54.1 Å². The average molecular weight is 452 g/mol. The van der Waals surface area contributed by atoms with Crippen LogP contribution in [0.4, 0.5) is 5.69 Å². The van der Waals surface area contributed by atoms with E-state index < -0.39 is 19.9 Å². The highest BCUT2D eigenvalue weighted by atomic mass is 32.2. The molecule has 0 spiro atoms. The molecule has 0 bridgehead atoms. The minimum absolute atomic E-state index is 0.00291. The molecule has 1 aliphatic heterocycles. The molecule has 1 N–H and O–H groups in total. The fourth-order valence-corrected chi connectivity index (χ4v) is 5.38. The Morgan fingerprint density at radius 2 is 1.57 bits per heavy atom. The van der Waals surface area contributed by atoms with Crippen molar-refractivity contribution in [2.24, 2.45) is 0 Å². The summed E-state index contributed by atoms with van der Waals surface area (Å²) in [6.07, 6.45) is 1.75. The largest absolute Gasteiger partial charge is 0.369 e. The van der Waals surface area contributed by atoms with Crippen LogP contribution in [0.15, 0.2) is 58.3 Å². The van der Waals surface area contributed by atoms with Crippen molar-refractivity contribution in [3.8, 4) is 0 Å². The first-order chi connectivity index (χ1) is 14.1. The maximum atomic E-state index is 12.5. The van der Waals surface area contributed by atoms with E-state index in [9.17, 15) is 16.8 Å². The van der Waals surface area contributed by atoms with Gasteiger partial charge < -0.3 is 4.90 Å². The van der Waals surface area contributed by atoms with Crippen molar-refractivity contribution >= 4 is 25.5 Å². The smallest absolute Gasteiger partial charge is 0.240 e. The van der Waals surface area contributed by atoms with Crippen LogP contribution in [0.5, 0.6) is 0 Å². The van der Waals surface area contributed by atoms with Crippen LogP contribution in [-0.4, -0.2) is 67.3 Å². The molecule has 0 unspecified atom stereocenters. The minimum atomic E-state index is -3.74. The van der Waals surface area contributed by atoms with E-state index in [2.05, 4.69) is 45.7 Å². The lowest BCUT2D eigenvalue weighted by Gasteiger charge is -2.36. The van der Waals surface area contributed by atoms with E-state index in [1.165, 1.54) is 35.5 Å². The molecule has 30 heavy (non-hydrogen) atoms. The van der Waals surface area contributed by atoms with E-state index in [1.807, 2.05) is 0 Å². The van der Waals surface area contributed by atoms with E-state index in [-0.39, 0.29) is 9.79 Å². The lowest BCUT2D eigenvalue weighted by Crippen LogP contribution is -2.47. The summed E-state index contributed by atoms with van der Waals surface area (Å²) in [7, 11) is -7.19. The van der Waals surface area contributed by atoms with Gasteiger partial charge >= 0.3 is 0 Å². The maximum Gasteiger partial charge on any atom is 0.240 e. The first kappa shape index (κ1) is 22.7. The van der Waals surface area contributed by atoms with Crippen LogP contribution < -0.4 is 9.62 Å². The van der Waals surface area contributed by atoms with Gasteiger partial charge in [0.1, 0.15) is 0 Å². The van der Waals surface area contributed by atoms with Gasteiger partial charge in [-0.3, -0.25) is 4.90 Å². The van der Waals surface area contributed by atoms with E-state index in [0.29, 0.717) is 13.0 Å². The first-order valence-corrected chi connectivity index (χ1v) is 13.4. The van der Waals surface area contributed by atoms with Crippen LogP contribution in [0.1, 0.15) is 12.0 Å². The summed E-state index contributed by atoms with van der Waals surface area (Å²) in [5, 5.41) is 0. The van der Waals surface area contributed by atoms with E-state index in [1.54, 1.807) is 0 Å². The molecular formula is C21H29N3O4S2. The van der Waals surface area contributed by atoms with E-state index >= 15 is 0 Å². The standard InChI is InChI=1S/C21H29N3O4S2/c1-18-6-3-7-19(16-18)24-14-12-23(13-15-24)11-5-10-22-30(27,28)21-9-4-8-20(17-21)29(2,25)26/h3-4,6-9,16-17,22H,5,10-15H2,1-2H3. The molecule has 1 saturated heterocycles. The highest BCUT2D eigenvalue weighted by Gasteiger charge is 2.19. The maximum absolute atomic E-state index is 12.5. The Kier molecular flexibility index (Phi) is 7.18. The number of anilines is 1. The second kappa shape index (κ2) is 9.47. The molecule has 1 heterocycles. The first-order valence-electron chi connectivity index (χ1n) is 9.99. The summed E-state index contributed by atoms with van der Waals surface area (Å²) < 4.78 is 50.8. The zero-order chi connectivity index (χ0) is 21.8. The fraction of sp³-hybridized carbons (Fsp3) is 0.429. The SMILES string of the molecule is Cc1cccc(N2CCN(CCCNS(=O)(=O)c3cccc(S(C)(=O)=O)c3)CC2)c1. The summed E-state index contributed by atoms with van der Waals surface area (Å²) in [5.74, 6) is 0. The molecule has 0 radical (unpaired) electrons. The molecule has 2 aromatic carbocycles. The van der Waals surface area contributed by atoms with Gasteiger partial charge in [0.15, 0.2) is 9.84 Å². The lowest BCUT2D eigenvalue weighted by atomic mass is 10.2. The quantitative estimate of drug-likeness (QED) is 0.617. The van der Waals surface area contributed by atoms with Crippen molar-refractivity contribution in [1.29, 1.82) is 0 Å². The molecule has 164 valence electrons. The van der Waals surface area contributed by atoms with Gasteiger partial charge in [-0.2, -0.15) is 0 Å². The van der Waals surface area contributed by atoms with Crippen molar-refractivity contribution in [2.75, 3.05) is 50.4 Å². The number of nitrogens with one attached hydrogen (secondary N) is 1. The number of rotatable bonds is 8. The van der Waals surface area contributed by atoms with Gasteiger partial charge in [-0.15, -0.1) is 0 Å². The van der Waals surface area contributed by atoms with Crippen LogP contribution in [0, 0.1) is 6.92 Å². The Hall–Kier alpha value is -1.94. The zero-order valence-electron chi connectivity index (χ0n) is 17.4. The third-order valence-corrected chi connectivity index (χ3v) is 7.80. The third kappa shape index (κ3) is 6.04. The lowest BCUT2D eigenvalue weighted by molar-refractivity contribution is 0.255. The Morgan fingerprint density at radius 1 is 0.900 bits per heavy atom. The van der Waals surface area contributed by atoms with Gasteiger partial charge in [0.05, 0.1) is 9.79 Å². The molecule has 2 aromatic rings. The van der Waals surface area contributed by atoms with Gasteiger partial charge in [0.2, 0.25) is 10.0 Å². The molecule has 0 atom stereocenters. The van der Waals surface area contributed by atoms with Crippen LogP contribution >= 0.6 is 0 Å². The van der Waals surface area contributed by atoms with Gasteiger partial charge in [0.25, 0.3) is 0 Å². The normalized spacial score (nSPS) is 16.0. The topological polar surface area (TPSA) is 86.8 Å². The Labute approximate surface area is 179 Å². The van der Waals surface area contributed by atoms with Crippen molar-refractivity contribution in [2.45, 2.75) is 23.1 Å². The molecule has 7 nitrogen and oxygen atoms in total. The van der Waals surface area contributed by atoms with E-state index in [0.717, 1.165) is 39.0 Å².